The SMILES string of the molecule is [2H]c1nc(NC(=O)C2=C(O)c3ccccc3S(=O)(=O)N2C([2H])([2H])[2H])sc1C. The van der Waals surface area contributed by atoms with Crippen LogP contribution in [-0.2, 0) is 14.8 Å². The average molecular weight is 355 g/mol. The van der Waals surface area contributed by atoms with Gasteiger partial charge in [0.15, 0.2) is 16.6 Å². The number of thiazole rings is 1. The number of fused-ring (bicyclic) bond motifs is 1. The Bertz CT molecular complexity index is 1060. The van der Waals surface area contributed by atoms with Crippen molar-refractivity contribution in [2.75, 3.05) is 12.3 Å². The molecule has 2 heterocycles. The Kier molecular flexibility index (Phi) is 2.61. The van der Waals surface area contributed by atoms with Gasteiger partial charge in [0.1, 0.15) is 0 Å². The zero-order valence-corrected chi connectivity index (χ0v) is 13.3. The molecular formula is C14H13N3O4S2. The lowest BCUT2D eigenvalue weighted by molar-refractivity contribution is -0.113. The molecule has 0 saturated heterocycles. The molecule has 1 aromatic heterocycles. The highest BCUT2D eigenvalue weighted by atomic mass is 32.2. The fourth-order valence-electron chi connectivity index (χ4n) is 2.06. The minimum Gasteiger partial charge on any atom is -0.505 e. The molecule has 0 atom stereocenters. The lowest BCUT2D eigenvalue weighted by atomic mass is 10.1. The Morgan fingerprint density at radius 1 is 1.48 bits per heavy atom. The number of rotatable bonds is 2. The van der Waals surface area contributed by atoms with E-state index in [1.54, 1.807) is 6.92 Å². The van der Waals surface area contributed by atoms with Crippen molar-refractivity contribution >= 4 is 38.2 Å². The van der Waals surface area contributed by atoms with Gasteiger partial charge in [-0.05, 0) is 19.1 Å². The van der Waals surface area contributed by atoms with E-state index < -0.39 is 39.3 Å². The van der Waals surface area contributed by atoms with Crippen molar-refractivity contribution in [3.05, 3.63) is 46.6 Å². The van der Waals surface area contributed by atoms with Crippen LogP contribution < -0.4 is 5.32 Å². The zero-order valence-electron chi connectivity index (χ0n) is 15.7. The van der Waals surface area contributed by atoms with Crippen LogP contribution in [0.2, 0.25) is 0 Å². The number of nitrogens with one attached hydrogen (secondary N) is 1. The smallest absolute Gasteiger partial charge is 0.278 e. The van der Waals surface area contributed by atoms with Crippen LogP contribution in [0.1, 0.15) is 15.9 Å². The zero-order chi connectivity index (χ0) is 20.1. The van der Waals surface area contributed by atoms with Gasteiger partial charge in [0.05, 0.1) is 6.27 Å². The molecule has 0 radical (unpaired) electrons. The Morgan fingerprint density at radius 2 is 2.22 bits per heavy atom. The second-order valence-electron chi connectivity index (χ2n) is 4.60. The maximum atomic E-state index is 12.8. The number of nitrogens with zero attached hydrogens (tertiary/aromatic N) is 2. The quantitative estimate of drug-likeness (QED) is 0.858. The van der Waals surface area contributed by atoms with Crippen molar-refractivity contribution in [2.45, 2.75) is 11.8 Å². The maximum Gasteiger partial charge on any atom is 0.278 e. The van der Waals surface area contributed by atoms with Crippen molar-refractivity contribution < 1.29 is 23.8 Å². The lowest BCUT2D eigenvalue weighted by Crippen LogP contribution is -2.37. The number of likely N-dealkylation sites (N-methyl/N-ethyl adjacent to an activating group) is 1. The third kappa shape index (κ3) is 2.47. The van der Waals surface area contributed by atoms with Crippen LogP contribution in [-0.4, -0.2) is 35.7 Å². The molecule has 1 aliphatic heterocycles. The van der Waals surface area contributed by atoms with Gasteiger partial charge >= 0.3 is 0 Å². The molecule has 9 heteroatoms. The van der Waals surface area contributed by atoms with E-state index in [9.17, 15) is 18.3 Å². The number of aromatic nitrogens is 1. The van der Waals surface area contributed by atoms with Crippen molar-refractivity contribution in [3.8, 4) is 0 Å². The van der Waals surface area contributed by atoms with Gasteiger partial charge in [-0.25, -0.2) is 13.4 Å². The number of benzene rings is 1. The molecule has 1 aliphatic rings. The Balaban J connectivity index is 2.19. The van der Waals surface area contributed by atoms with E-state index in [1.165, 1.54) is 18.2 Å². The number of carbonyl (C=O) groups is 1. The molecule has 23 heavy (non-hydrogen) atoms. The Hall–Kier alpha value is -2.39. The number of anilines is 1. The number of carbonyl (C=O) groups excluding carboxylic acids is 1. The highest BCUT2D eigenvalue weighted by Crippen LogP contribution is 2.34. The van der Waals surface area contributed by atoms with Gasteiger partial charge in [0, 0.05) is 27.7 Å². The fraction of sp³-hybridized carbons (Fsp3) is 0.143. The molecule has 0 saturated carbocycles. The molecule has 0 spiro atoms. The highest BCUT2D eigenvalue weighted by molar-refractivity contribution is 7.89. The summed E-state index contributed by atoms with van der Waals surface area (Å²) < 4.78 is 55.8. The van der Waals surface area contributed by atoms with E-state index in [4.69, 9.17) is 5.48 Å². The van der Waals surface area contributed by atoms with Crippen molar-refractivity contribution in [1.29, 1.82) is 0 Å². The first-order chi connectivity index (χ1) is 12.4. The predicted molar refractivity (Wildman–Crippen MR) is 86.4 cm³/mol. The van der Waals surface area contributed by atoms with Gasteiger partial charge < -0.3 is 5.11 Å². The number of aliphatic hydroxyl groups excluding tert-OH is 1. The molecule has 0 unspecified atom stereocenters. The summed E-state index contributed by atoms with van der Waals surface area (Å²) in [5, 5.41) is 12.7. The number of hydrogen-bond acceptors (Lipinski definition) is 6. The molecule has 3 rings (SSSR count). The molecule has 0 aliphatic carbocycles. The number of aliphatic hydroxyl groups is 1. The average Bonchev–Trinajstić information content (AvgIpc) is 2.87. The van der Waals surface area contributed by atoms with Crippen LogP contribution in [0.4, 0.5) is 5.13 Å². The molecule has 1 aromatic carbocycles. The van der Waals surface area contributed by atoms with Crippen LogP contribution in [0.25, 0.3) is 5.76 Å². The van der Waals surface area contributed by atoms with Crippen LogP contribution in [0.3, 0.4) is 0 Å². The first-order valence-corrected chi connectivity index (χ1v) is 8.53. The molecule has 0 bridgehead atoms. The largest absolute Gasteiger partial charge is 0.505 e. The van der Waals surface area contributed by atoms with Crippen LogP contribution in [0, 0.1) is 6.92 Å². The molecule has 7 nitrogen and oxygen atoms in total. The summed E-state index contributed by atoms with van der Waals surface area (Å²) in [5.41, 5.74) is -1.12. The molecule has 0 fully saturated rings. The van der Waals surface area contributed by atoms with E-state index in [2.05, 4.69) is 10.3 Å². The molecule has 120 valence electrons. The molecule has 1 amide bonds. The van der Waals surface area contributed by atoms with E-state index in [-0.39, 0.29) is 21.2 Å². The van der Waals surface area contributed by atoms with Crippen molar-refractivity contribution in [3.63, 3.8) is 0 Å². The van der Waals surface area contributed by atoms with Gasteiger partial charge in [0.25, 0.3) is 15.9 Å². The standard InChI is InChI=1S/C14H13N3O4S2/c1-8-7-15-14(22-8)16-13(19)11-12(18)9-5-3-4-6-10(9)23(20,21)17(11)2/h3-7,18H,1-2H3,(H,15,16,19)/i2D3,7D. The summed E-state index contributed by atoms with van der Waals surface area (Å²) >= 11 is 0.959. The van der Waals surface area contributed by atoms with Gasteiger partial charge in [-0.1, -0.05) is 12.1 Å². The summed E-state index contributed by atoms with van der Waals surface area (Å²) in [6.07, 6.45) is -0.0807. The van der Waals surface area contributed by atoms with Gasteiger partial charge in [-0.3, -0.25) is 14.4 Å². The van der Waals surface area contributed by atoms with E-state index >= 15 is 0 Å². The van der Waals surface area contributed by atoms with Gasteiger partial charge in [-0.2, -0.15) is 0 Å². The number of amides is 1. The Morgan fingerprint density at radius 3 is 2.87 bits per heavy atom. The minimum atomic E-state index is -4.62. The Labute approximate surface area is 142 Å². The van der Waals surface area contributed by atoms with Gasteiger partial charge in [-0.15, -0.1) is 11.3 Å². The second-order valence-corrected chi connectivity index (χ2v) is 7.56. The number of aryl methyl sites for hydroxylation is 1. The van der Waals surface area contributed by atoms with Crippen LogP contribution in [0.5, 0.6) is 0 Å². The maximum absolute atomic E-state index is 12.8. The number of sulfonamides is 1. The topological polar surface area (TPSA) is 99.6 Å². The van der Waals surface area contributed by atoms with Crippen molar-refractivity contribution in [2.24, 2.45) is 0 Å². The summed E-state index contributed by atoms with van der Waals surface area (Å²) in [7, 11) is -4.62. The number of hydrogen-bond donors (Lipinski definition) is 2. The predicted octanol–water partition coefficient (Wildman–Crippen LogP) is 1.95. The molecule has 2 N–H and O–H groups in total. The van der Waals surface area contributed by atoms with E-state index in [0.717, 1.165) is 17.4 Å². The van der Waals surface area contributed by atoms with Crippen LogP contribution >= 0.6 is 11.3 Å². The third-order valence-corrected chi connectivity index (χ3v) is 5.45. The van der Waals surface area contributed by atoms with E-state index in [1.807, 2.05) is 0 Å². The van der Waals surface area contributed by atoms with Gasteiger partial charge in [0.2, 0.25) is 0 Å². The van der Waals surface area contributed by atoms with E-state index in [0.29, 0.717) is 4.88 Å². The summed E-state index contributed by atoms with van der Waals surface area (Å²) in [4.78, 5) is 16.5. The normalized spacial score (nSPS) is 19.3. The highest BCUT2D eigenvalue weighted by Gasteiger charge is 2.37. The second kappa shape index (κ2) is 5.36. The third-order valence-electron chi connectivity index (χ3n) is 3.09. The summed E-state index contributed by atoms with van der Waals surface area (Å²) in [6, 6.07) is 5.23. The minimum absolute atomic E-state index is 0.0236. The molecular weight excluding hydrogens is 338 g/mol. The fourth-order valence-corrected chi connectivity index (χ4v) is 3.98. The summed E-state index contributed by atoms with van der Waals surface area (Å²) in [6.45, 7) is -1.66. The first-order valence-electron chi connectivity index (χ1n) is 8.28. The van der Waals surface area contributed by atoms with Crippen LogP contribution in [0.15, 0.2) is 41.0 Å². The first kappa shape index (κ1) is 11.2. The monoisotopic (exact) mass is 355 g/mol. The van der Waals surface area contributed by atoms with Crippen molar-refractivity contribution in [1.82, 2.24) is 9.29 Å². The summed E-state index contributed by atoms with van der Waals surface area (Å²) in [5.74, 6) is -1.95. The molecule has 2 aromatic rings. The lowest BCUT2D eigenvalue weighted by Gasteiger charge is -2.28.